The topological polar surface area (TPSA) is 32.6 Å². The van der Waals surface area contributed by atoms with Gasteiger partial charge in [-0.1, -0.05) is 35.0 Å². The number of hydrogen-bond acceptors (Lipinski definition) is 2. The van der Waals surface area contributed by atoms with Crippen molar-refractivity contribution in [2.24, 2.45) is 5.16 Å². The second-order valence-electron chi connectivity index (χ2n) is 2.43. The van der Waals surface area contributed by atoms with Crippen molar-refractivity contribution in [3.63, 3.8) is 0 Å². The van der Waals surface area contributed by atoms with Crippen molar-refractivity contribution >= 4 is 16.8 Å². The summed E-state index contributed by atoms with van der Waals surface area (Å²) in [5, 5.41) is 10.2. The van der Waals surface area contributed by atoms with Crippen molar-refractivity contribution in [2.75, 3.05) is 0 Å². The zero-order valence-electron chi connectivity index (χ0n) is 6.72. The van der Waals surface area contributed by atoms with Crippen LogP contribution >= 0.6 is 11.6 Å². The molecule has 0 amide bonds. The second-order valence-corrected chi connectivity index (χ2v) is 2.79. The van der Waals surface area contributed by atoms with Gasteiger partial charge in [-0.05, 0) is 6.07 Å². The molecule has 1 N–H and O–H groups in total. The van der Waals surface area contributed by atoms with E-state index in [-0.39, 0.29) is 5.56 Å². The van der Waals surface area contributed by atoms with Gasteiger partial charge in [0, 0.05) is 5.56 Å². The first-order valence-electron chi connectivity index (χ1n) is 3.51. The molecule has 0 aliphatic heterocycles. The van der Waals surface area contributed by atoms with Crippen LogP contribution in [-0.2, 0) is 6.18 Å². The van der Waals surface area contributed by atoms with E-state index in [2.05, 4.69) is 5.16 Å². The van der Waals surface area contributed by atoms with Crippen LogP contribution in [0.3, 0.4) is 0 Å². The molecule has 0 radical (unpaired) electrons. The van der Waals surface area contributed by atoms with Crippen LogP contribution in [0.15, 0.2) is 29.4 Å². The Morgan fingerprint density at radius 1 is 1.29 bits per heavy atom. The maximum absolute atomic E-state index is 12.3. The van der Waals surface area contributed by atoms with Gasteiger partial charge in [-0.3, -0.25) is 0 Å². The van der Waals surface area contributed by atoms with Gasteiger partial charge in [0.1, 0.15) is 0 Å². The molecule has 0 unspecified atom stereocenters. The smallest absolute Gasteiger partial charge is 0.410 e. The SMILES string of the molecule is O/N=C(/Cl)c1ccccc1C(F)(F)F. The van der Waals surface area contributed by atoms with Crippen LogP contribution in [0.25, 0.3) is 0 Å². The molecule has 0 fully saturated rings. The Morgan fingerprint density at radius 2 is 1.86 bits per heavy atom. The molecule has 1 aromatic carbocycles. The summed E-state index contributed by atoms with van der Waals surface area (Å²) < 4.78 is 37.0. The molecule has 0 aliphatic carbocycles. The third kappa shape index (κ3) is 2.17. The number of halogens is 4. The van der Waals surface area contributed by atoms with Crippen LogP contribution in [0, 0.1) is 0 Å². The van der Waals surface area contributed by atoms with Crippen molar-refractivity contribution in [3.8, 4) is 0 Å². The molecule has 0 aromatic heterocycles. The first-order valence-corrected chi connectivity index (χ1v) is 3.88. The molecular weight excluding hydrogens is 219 g/mol. The summed E-state index contributed by atoms with van der Waals surface area (Å²) in [6, 6.07) is 4.60. The molecule has 0 atom stereocenters. The van der Waals surface area contributed by atoms with Gasteiger partial charge >= 0.3 is 6.18 Å². The third-order valence-electron chi connectivity index (χ3n) is 1.54. The summed E-state index contributed by atoms with van der Waals surface area (Å²) in [7, 11) is 0. The van der Waals surface area contributed by atoms with E-state index in [4.69, 9.17) is 16.8 Å². The first kappa shape index (κ1) is 10.8. The van der Waals surface area contributed by atoms with Crippen molar-refractivity contribution in [1.82, 2.24) is 0 Å². The highest BCUT2D eigenvalue weighted by molar-refractivity contribution is 6.69. The van der Waals surface area contributed by atoms with Crippen LogP contribution in [0.5, 0.6) is 0 Å². The van der Waals surface area contributed by atoms with Crippen LogP contribution in [0.2, 0.25) is 0 Å². The summed E-state index contributed by atoms with van der Waals surface area (Å²) in [6.07, 6.45) is -4.51. The van der Waals surface area contributed by atoms with Crippen LogP contribution in [-0.4, -0.2) is 10.4 Å². The average Bonchev–Trinajstić information content (AvgIpc) is 2.15. The second kappa shape index (κ2) is 3.88. The Bertz CT molecular complexity index is 362. The van der Waals surface area contributed by atoms with E-state index >= 15 is 0 Å². The zero-order valence-corrected chi connectivity index (χ0v) is 7.47. The summed E-state index contributed by atoms with van der Waals surface area (Å²) >= 11 is 5.30. The number of hydrogen-bond donors (Lipinski definition) is 1. The largest absolute Gasteiger partial charge is 0.417 e. The predicted molar refractivity (Wildman–Crippen MR) is 45.6 cm³/mol. The Balaban J connectivity index is 3.31. The molecule has 1 rings (SSSR count). The average molecular weight is 224 g/mol. The van der Waals surface area contributed by atoms with Gasteiger partial charge in [-0.25, -0.2) is 0 Å². The third-order valence-corrected chi connectivity index (χ3v) is 1.82. The molecule has 1 aromatic rings. The highest BCUT2D eigenvalue weighted by Crippen LogP contribution is 2.32. The number of benzene rings is 1. The minimum atomic E-state index is -4.51. The monoisotopic (exact) mass is 223 g/mol. The lowest BCUT2D eigenvalue weighted by Crippen LogP contribution is -2.10. The highest BCUT2D eigenvalue weighted by atomic mass is 35.5. The molecule has 2 nitrogen and oxygen atoms in total. The first-order chi connectivity index (χ1) is 6.46. The molecule has 14 heavy (non-hydrogen) atoms. The summed E-state index contributed by atoms with van der Waals surface area (Å²) in [5.41, 5.74) is -1.27. The van der Waals surface area contributed by atoms with Gasteiger partial charge in [-0.2, -0.15) is 13.2 Å². The number of rotatable bonds is 1. The maximum atomic E-state index is 12.3. The van der Waals surface area contributed by atoms with Crippen molar-refractivity contribution in [3.05, 3.63) is 35.4 Å². The number of nitrogens with zero attached hydrogens (tertiary/aromatic N) is 1. The van der Waals surface area contributed by atoms with E-state index in [0.717, 1.165) is 12.1 Å². The van der Waals surface area contributed by atoms with Gasteiger partial charge in [-0.15, -0.1) is 0 Å². The van der Waals surface area contributed by atoms with Gasteiger partial charge < -0.3 is 5.21 Å². The van der Waals surface area contributed by atoms with Crippen LogP contribution in [0.1, 0.15) is 11.1 Å². The Hall–Kier alpha value is -1.23. The summed E-state index contributed by atoms with van der Waals surface area (Å²) in [4.78, 5) is 0. The normalized spacial score (nSPS) is 13.0. The van der Waals surface area contributed by atoms with E-state index in [1.54, 1.807) is 0 Å². The molecule has 0 bridgehead atoms. The molecule has 76 valence electrons. The fraction of sp³-hybridized carbons (Fsp3) is 0.125. The van der Waals surface area contributed by atoms with E-state index in [9.17, 15) is 13.2 Å². The molecule has 0 saturated carbocycles. The van der Waals surface area contributed by atoms with Gasteiger partial charge in [0.15, 0.2) is 5.17 Å². The fourth-order valence-corrected chi connectivity index (χ4v) is 1.13. The lowest BCUT2D eigenvalue weighted by molar-refractivity contribution is -0.137. The van der Waals surface area contributed by atoms with Crippen molar-refractivity contribution in [2.45, 2.75) is 6.18 Å². The van der Waals surface area contributed by atoms with Crippen molar-refractivity contribution in [1.29, 1.82) is 0 Å². The molecular formula is C8H5ClF3NO. The molecule has 0 saturated heterocycles. The van der Waals surface area contributed by atoms with Gasteiger partial charge in [0.25, 0.3) is 0 Å². The van der Waals surface area contributed by atoms with Crippen LogP contribution < -0.4 is 0 Å². The molecule has 6 heteroatoms. The van der Waals surface area contributed by atoms with E-state index in [1.165, 1.54) is 12.1 Å². The molecule has 0 spiro atoms. The van der Waals surface area contributed by atoms with E-state index in [0.29, 0.717) is 0 Å². The van der Waals surface area contributed by atoms with Crippen molar-refractivity contribution < 1.29 is 18.4 Å². The minimum Gasteiger partial charge on any atom is -0.410 e. The summed E-state index contributed by atoms with van der Waals surface area (Å²) in [6.45, 7) is 0. The number of oxime groups is 1. The molecule has 0 aliphatic rings. The lowest BCUT2D eigenvalue weighted by atomic mass is 10.1. The number of alkyl halides is 3. The van der Waals surface area contributed by atoms with Gasteiger partial charge in [0.2, 0.25) is 0 Å². The fourth-order valence-electron chi connectivity index (χ4n) is 0.964. The van der Waals surface area contributed by atoms with E-state index < -0.39 is 16.9 Å². The zero-order chi connectivity index (χ0) is 10.8. The Morgan fingerprint density at radius 3 is 2.36 bits per heavy atom. The predicted octanol–water partition coefficient (Wildman–Crippen LogP) is 3.08. The summed E-state index contributed by atoms with van der Waals surface area (Å²) in [5.74, 6) is 0. The van der Waals surface area contributed by atoms with Gasteiger partial charge in [0.05, 0.1) is 5.56 Å². The Kier molecular flexibility index (Phi) is 3.00. The quantitative estimate of drug-likeness (QED) is 0.443. The molecule has 0 heterocycles. The van der Waals surface area contributed by atoms with E-state index in [1.807, 2.05) is 0 Å². The highest BCUT2D eigenvalue weighted by Gasteiger charge is 2.33. The minimum absolute atomic E-state index is 0.343. The Labute approximate surface area is 82.6 Å². The maximum Gasteiger partial charge on any atom is 0.417 e. The standard InChI is InChI=1S/C8H5ClF3NO/c9-7(13-14)5-3-1-2-4-6(5)8(10,11)12/h1-4,14H/b13-7+. The van der Waals surface area contributed by atoms with Crippen LogP contribution in [0.4, 0.5) is 13.2 Å². The lowest BCUT2D eigenvalue weighted by Gasteiger charge is -2.10.